The minimum atomic E-state index is -3.73. The Morgan fingerprint density at radius 2 is 1.63 bits per heavy atom. The van der Waals surface area contributed by atoms with E-state index in [2.05, 4.69) is 15.5 Å². The van der Waals surface area contributed by atoms with E-state index in [4.69, 9.17) is 11.6 Å². The van der Waals surface area contributed by atoms with Gasteiger partial charge in [-0.3, -0.25) is 19.5 Å². The molecule has 0 fully saturated rings. The van der Waals surface area contributed by atoms with E-state index in [1.165, 1.54) is 42.3 Å². The second kappa shape index (κ2) is 11.3. The number of nitrogens with zero attached hydrogens (tertiary/aromatic N) is 2. The number of nitrogens with one attached hydrogen (secondary N) is 3. The van der Waals surface area contributed by atoms with Gasteiger partial charge in [0.2, 0.25) is 10.0 Å². The van der Waals surface area contributed by atoms with Gasteiger partial charge in [0.1, 0.15) is 5.69 Å². The van der Waals surface area contributed by atoms with Gasteiger partial charge in [-0.15, -0.1) is 0 Å². The average Bonchev–Trinajstić information content (AvgIpc) is 3.22. The molecule has 3 amide bonds. The van der Waals surface area contributed by atoms with Crippen LogP contribution in [0.1, 0.15) is 31.2 Å². The quantitative estimate of drug-likeness (QED) is 0.327. The summed E-state index contributed by atoms with van der Waals surface area (Å²) in [6.07, 6.45) is 0.847. The van der Waals surface area contributed by atoms with E-state index in [1.54, 1.807) is 0 Å². The van der Waals surface area contributed by atoms with Crippen LogP contribution in [0.3, 0.4) is 0 Å². The van der Waals surface area contributed by atoms with Crippen LogP contribution in [0.2, 0.25) is 5.02 Å². The molecule has 3 rings (SSSR count). The maximum atomic E-state index is 13.4. The summed E-state index contributed by atoms with van der Waals surface area (Å²) in [6.45, 7) is 0. The SMILES string of the molecule is CN(C(=O)c1cc(NC(=O)c2cc(F)c(F)cc2Cl)n[nH]1)c1ccc(C(=O)NS(C)(=O)=O)cc1.[Na]. The van der Waals surface area contributed by atoms with Crippen LogP contribution in [-0.4, -0.2) is 79.2 Å². The molecule has 3 N–H and O–H groups in total. The summed E-state index contributed by atoms with van der Waals surface area (Å²) in [6, 6.07) is 8.06. The number of carbonyl (C=O) groups excluding carboxylic acids is 3. The zero-order valence-corrected chi connectivity index (χ0v) is 22.1. The third kappa shape index (κ3) is 7.08. The molecule has 0 saturated heterocycles. The van der Waals surface area contributed by atoms with Crippen LogP contribution in [-0.2, 0) is 10.0 Å². The molecular formula is C20H16ClF2N5NaO5S. The van der Waals surface area contributed by atoms with Crippen molar-refractivity contribution in [2.24, 2.45) is 0 Å². The number of amides is 3. The van der Waals surface area contributed by atoms with Crippen LogP contribution in [0.15, 0.2) is 42.5 Å². The van der Waals surface area contributed by atoms with Crippen LogP contribution in [0.5, 0.6) is 0 Å². The Labute approximate surface area is 225 Å². The second-order valence-electron chi connectivity index (χ2n) is 6.98. The van der Waals surface area contributed by atoms with E-state index in [-0.39, 0.29) is 57.2 Å². The molecule has 15 heteroatoms. The smallest absolute Gasteiger partial charge is 0.276 e. The number of hydrogen-bond donors (Lipinski definition) is 3. The summed E-state index contributed by atoms with van der Waals surface area (Å²) in [5.74, 6) is -4.79. The molecule has 1 radical (unpaired) electrons. The standard InChI is InChI=1S/C20H16ClF2N5O5S.Na/c1-28(11-5-3-10(4-6-11)18(29)27-34(2,32)33)20(31)16-9-17(26-25-16)24-19(30)12-7-14(22)15(23)8-13(12)21;/h3-9H,1-2H3,(H,27,29)(H2,24,25,26,30);. The molecule has 0 saturated carbocycles. The molecule has 0 aliphatic carbocycles. The maximum Gasteiger partial charge on any atom is 0.276 e. The first-order valence-electron chi connectivity index (χ1n) is 9.27. The van der Waals surface area contributed by atoms with Gasteiger partial charge in [0, 0.05) is 53.9 Å². The molecule has 0 spiro atoms. The number of benzene rings is 2. The van der Waals surface area contributed by atoms with Crippen molar-refractivity contribution in [1.29, 1.82) is 0 Å². The van der Waals surface area contributed by atoms with Crippen LogP contribution < -0.4 is 14.9 Å². The van der Waals surface area contributed by atoms with E-state index < -0.39 is 39.4 Å². The number of carbonyl (C=O) groups is 3. The minimum absolute atomic E-state index is 0. The van der Waals surface area contributed by atoms with E-state index in [1.807, 2.05) is 4.72 Å². The molecule has 3 aromatic rings. The number of aromatic amines is 1. The molecule has 0 aliphatic rings. The molecule has 0 atom stereocenters. The molecule has 0 bridgehead atoms. The zero-order valence-electron chi connectivity index (χ0n) is 18.5. The molecule has 0 unspecified atom stereocenters. The first-order valence-corrected chi connectivity index (χ1v) is 11.5. The topological polar surface area (TPSA) is 141 Å². The molecule has 35 heavy (non-hydrogen) atoms. The number of hydrogen-bond acceptors (Lipinski definition) is 6. The van der Waals surface area contributed by atoms with Gasteiger partial charge in [-0.25, -0.2) is 21.9 Å². The van der Waals surface area contributed by atoms with Gasteiger partial charge < -0.3 is 10.2 Å². The second-order valence-corrected chi connectivity index (χ2v) is 9.14. The van der Waals surface area contributed by atoms with Crippen molar-refractivity contribution in [2.75, 3.05) is 23.5 Å². The van der Waals surface area contributed by atoms with Crippen molar-refractivity contribution in [3.05, 3.63) is 75.9 Å². The summed E-state index contributed by atoms with van der Waals surface area (Å²) < 4.78 is 50.8. The van der Waals surface area contributed by atoms with Crippen molar-refractivity contribution in [3.63, 3.8) is 0 Å². The first kappa shape index (κ1) is 28.4. The Hall–Kier alpha value is -2.84. The van der Waals surface area contributed by atoms with Gasteiger partial charge >= 0.3 is 0 Å². The summed E-state index contributed by atoms with van der Waals surface area (Å²) in [5.41, 5.74) is 0.0914. The fourth-order valence-electron chi connectivity index (χ4n) is 2.74. The number of rotatable bonds is 6. The van der Waals surface area contributed by atoms with E-state index >= 15 is 0 Å². The van der Waals surface area contributed by atoms with E-state index in [0.717, 1.165) is 6.26 Å². The summed E-state index contributed by atoms with van der Waals surface area (Å²) in [7, 11) is -2.29. The van der Waals surface area contributed by atoms with Crippen molar-refractivity contribution < 1.29 is 31.6 Å². The molecular weight excluding hydrogens is 519 g/mol. The predicted octanol–water partition coefficient (Wildman–Crippen LogP) is 2.18. The fourth-order valence-corrected chi connectivity index (χ4v) is 3.43. The van der Waals surface area contributed by atoms with Gasteiger partial charge in [-0.1, -0.05) is 11.6 Å². The minimum Gasteiger partial charge on any atom is -0.310 e. The summed E-state index contributed by atoms with van der Waals surface area (Å²) in [5, 5.41) is 8.25. The van der Waals surface area contributed by atoms with Crippen molar-refractivity contribution in [2.45, 2.75) is 0 Å². The van der Waals surface area contributed by atoms with Crippen LogP contribution in [0.4, 0.5) is 20.3 Å². The average molecular weight is 535 g/mol. The monoisotopic (exact) mass is 534 g/mol. The summed E-state index contributed by atoms with van der Waals surface area (Å²) >= 11 is 5.78. The molecule has 2 aromatic carbocycles. The van der Waals surface area contributed by atoms with Crippen molar-refractivity contribution in [1.82, 2.24) is 14.9 Å². The maximum absolute atomic E-state index is 13.4. The Balaban J connectivity index is 0.00000432. The molecule has 0 aliphatic heterocycles. The van der Waals surface area contributed by atoms with Crippen molar-refractivity contribution >= 4 is 80.4 Å². The molecule has 1 heterocycles. The van der Waals surface area contributed by atoms with Crippen molar-refractivity contribution in [3.8, 4) is 0 Å². The molecule has 179 valence electrons. The Kier molecular flexibility index (Phi) is 9.14. The van der Waals surface area contributed by atoms with Gasteiger partial charge in [0.05, 0.1) is 16.8 Å². The number of sulfonamides is 1. The Bertz CT molecular complexity index is 1400. The number of anilines is 2. The van der Waals surface area contributed by atoms with Gasteiger partial charge in [-0.2, -0.15) is 5.10 Å². The number of aromatic nitrogens is 2. The molecule has 1 aromatic heterocycles. The number of halogens is 3. The van der Waals surface area contributed by atoms with Gasteiger partial charge in [0.25, 0.3) is 17.7 Å². The van der Waals surface area contributed by atoms with Gasteiger partial charge in [0.15, 0.2) is 17.5 Å². The number of H-pyrrole nitrogens is 1. The Morgan fingerprint density at radius 3 is 2.23 bits per heavy atom. The summed E-state index contributed by atoms with van der Waals surface area (Å²) in [4.78, 5) is 38.1. The van der Waals surface area contributed by atoms with E-state index in [0.29, 0.717) is 17.8 Å². The van der Waals surface area contributed by atoms with E-state index in [9.17, 15) is 31.6 Å². The predicted molar refractivity (Wildman–Crippen MR) is 125 cm³/mol. The third-order valence-corrected chi connectivity index (χ3v) is 5.27. The van der Waals surface area contributed by atoms with Crippen LogP contribution in [0.25, 0.3) is 0 Å². The first-order chi connectivity index (χ1) is 15.9. The normalized spacial score (nSPS) is 10.8. The third-order valence-electron chi connectivity index (χ3n) is 4.40. The Morgan fingerprint density at radius 1 is 1.03 bits per heavy atom. The van der Waals surface area contributed by atoms with Gasteiger partial charge in [-0.05, 0) is 36.4 Å². The van der Waals surface area contributed by atoms with Crippen LogP contribution in [0, 0.1) is 11.6 Å². The van der Waals surface area contributed by atoms with Crippen LogP contribution >= 0.6 is 11.6 Å². The molecule has 10 nitrogen and oxygen atoms in total. The fraction of sp³-hybridized carbons (Fsp3) is 0.100. The zero-order chi connectivity index (χ0) is 25.2. The largest absolute Gasteiger partial charge is 0.310 e.